The number of nitrogens with one attached hydrogen (secondary N) is 1. The van der Waals surface area contributed by atoms with Crippen molar-refractivity contribution in [3.8, 4) is 5.69 Å². The van der Waals surface area contributed by atoms with E-state index < -0.39 is 0 Å². The van der Waals surface area contributed by atoms with Gasteiger partial charge in [-0.05, 0) is 70.8 Å². The average Bonchev–Trinajstić information content (AvgIpc) is 3.53. The van der Waals surface area contributed by atoms with Crippen LogP contribution in [0.1, 0.15) is 60.9 Å². The second kappa shape index (κ2) is 8.47. The minimum Gasteiger partial charge on any atom is -0.346 e. The minimum atomic E-state index is -0.135. The molecular weight excluding hydrogens is 376 g/mol. The summed E-state index contributed by atoms with van der Waals surface area (Å²) in [6.07, 6.45) is 6.79. The lowest BCUT2D eigenvalue weighted by Gasteiger charge is -2.41. The van der Waals surface area contributed by atoms with Crippen molar-refractivity contribution in [3.63, 3.8) is 0 Å². The van der Waals surface area contributed by atoms with E-state index in [1.54, 1.807) is 0 Å². The van der Waals surface area contributed by atoms with Crippen molar-refractivity contribution in [2.45, 2.75) is 56.5 Å². The van der Waals surface area contributed by atoms with E-state index in [2.05, 4.69) is 32.2 Å². The molecule has 0 atom stereocenters. The molecule has 2 saturated heterocycles. The van der Waals surface area contributed by atoms with Crippen molar-refractivity contribution in [2.75, 3.05) is 33.2 Å². The Balaban J connectivity index is 1.20. The van der Waals surface area contributed by atoms with Crippen LogP contribution in [0.2, 0.25) is 0 Å². The topological polar surface area (TPSA) is 66.3 Å². The standard InChI is InChI=1S/C23H32N6O/c1-27-13-11-19(12-14-27)28-15-9-18(10-16-28)24-23(30)21-25-22(17-7-8-17)29(26-21)20-5-3-2-4-6-20/h2-6,17-19H,7-16H2,1H3,(H,24,30). The van der Waals surface area contributed by atoms with Crippen molar-refractivity contribution in [1.29, 1.82) is 0 Å². The molecule has 5 rings (SSSR count). The summed E-state index contributed by atoms with van der Waals surface area (Å²) in [7, 11) is 2.21. The molecule has 3 aliphatic rings. The Kier molecular flexibility index (Phi) is 5.56. The number of hydrogen-bond donors (Lipinski definition) is 1. The molecule has 1 N–H and O–H groups in total. The normalized spacial score (nSPS) is 22.3. The van der Waals surface area contributed by atoms with Crippen LogP contribution in [0.4, 0.5) is 0 Å². The number of carbonyl (C=O) groups excluding carboxylic acids is 1. The first-order valence-electron chi connectivity index (χ1n) is 11.4. The number of hydrogen-bond acceptors (Lipinski definition) is 5. The van der Waals surface area contributed by atoms with Gasteiger partial charge in [0.05, 0.1) is 5.69 Å². The van der Waals surface area contributed by atoms with Crippen molar-refractivity contribution < 1.29 is 4.79 Å². The number of rotatable bonds is 5. The Bertz CT molecular complexity index is 861. The fourth-order valence-corrected chi connectivity index (χ4v) is 4.80. The van der Waals surface area contributed by atoms with E-state index in [-0.39, 0.29) is 11.9 Å². The Morgan fingerprint density at radius 2 is 1.67 bits per heavy atom. The summed E-state index contributed by atoms with van der Waals surface area (Å²) in [5, 5.41) is 7.79. The van der Waals surface area contributed by atoms with E-state index in [1.165, 1.54) is 25.9 Å². The first-order chi connectivity index (χ1) is 14.7. The lowest BCUT2D eigenvalue weighted by molar-refractivity contribution is 0.0800. The maximum Gasteiger partial charge on any atom is 0.291 e. The van der Waals surface area contributed by atoms with Gasteiger partial charge in [0.1, 0.15) is 5.82 Å². The third-order valence-corrected chi connectivity index (χ3v) is 6.85. The van der Waals surface area contributed by atoms with E-state index in [4.69, 9.17) is 0 Å². The van der Waals surface area contributed by atoms with Crippen LogP contribution in [0.25, 0.3) is 5.69 Å². The summed E-state index contributed by atoms with van der Waals surface area (Å²) >= 11 is 0. The molecule has 2 aromatic rings. The molecule has 3 heterocycles. The summed E-state index contributed by atoms with van der Waals surface area (Å²) in [6, 6.07) is 10.9. The zero-order valence-electron chi connectivity index (χ0n) is 17.8. The number of piperidine rings is 2. The fraction of sp³-hybridized carbons (Fsp3) is 0.609. The van der Waals surface area contributed by atoms with Crippen molar-refractivity contribution in [3.05, 3.63) is 42.0 Å². The van der Waals surface area contributed by atoms with Crippen LogP contribution >= 0.6 is 0 Å². The Hall–Kier alpha value is -2.25. The third kappa shape index (κ3) is 4.27. The number of para-hydroxylation sites is 1. The third-order valence-electron chi connectivity index (χ3n) is 6.85. The van der Waals surface area contributed by atoms with Crippen LogP contribution in [-0.2, 0) is 0 Å². The van der Waals surface area contributed by atoms with Gasteiger partial charge in [0.25, 0.3) is 5.91 Å². The highest BCUT2D eigenvalue weighted by molar-refractivity contribution is 5.90. The summed E-state index contributed by atoms with van der Waals surface area (Å²) < 4.78 is 1.86. The van der Waals surface area contributed by atoms with E-state index >= 15 is 0 Å². The summed E-state index contributed by atoms with van der Waals surface area (Å²) in [6.45, 7) is 4.53. The maximum absolute atomic E-state index is 12.9. The largest absolute Gasteiger partial charge is 0.346 e. The van der Waals surface area contributed by atoms with E-state index in [9.17, 15) is 4.79 Å². The average molecular weight is 409 g/mol. The van der Waals surface area contributed by atoms with Crippen molar-refractivity contribution in [1.82, 2.24) is 29.9 Å². The molecule has 0 spiro atoms. The monoisotopic (exact) mass is 408 g/mol. The smallest absolute Gasteiger partial charge is 0.291 e. The van der Waals surface area contributed by atoms with Crippen LogP contribution in [0.15, 0.2) is 30.3 Å². The summed E-state index contributed by atoms with van der Waals surface area (Å²) in [5.74, 6) is 1.52. The van der Waals surface area contributed by atoms with Gasteiger partial charge in [0.2, 0.25) is 5.82 Å². The molecule has 1 aromatic carbocycles. The van der Waals surface area contributed by atoms with Gasteiger partial charge in [-0.25, -0.2) is 9.67 Å². The van der Waals surface area contributed by atoms with Crippen LogP contribution < -0.4 is 5.32 Å². The zero-order valence-corrected chi connectivity index (χ0v) is 17.8. The van der Waals surface area contributed by atoms with Crippen LogP contribution in [0.3, 0.4) is 0 Å². The van der Waals surface area contributed by atoms with Gasteiger partial charge >= 0.3 is 0 Å². The van der Waals surface area contributed by atoms with Crippen LogP contribution in [0.5, 0.6) is 0 Å². The molecule has 30 heavy (non-hydrogen) atoms. The molecule has 3 fully saturated rings. The molecule has 160 valence electrons. The predicted molar refractivity (Wildman–Crippen MR) is 116 cm³/mol. The molecule has 0 radical (unpaired) electrons. The number of benzene rings is 1. The minimum absolute atomic E-state index is 0.135. The molecule has 0 bridgehead atoms. The molecule has 0 unspecified atom stereocenters. The van der Waals surface area contributed by atoms with Gasteiger partial charge in [-0.2, -0.15) is 0 Å². The Morgan fingerprint density at radius 1 is 0.967 bits per heavy atom. The Morgan fingerprint density at radius 3 is 2.33 bits per heavy atom. The molecule has 7 nitrogen and oxygen atoms in total. The highest BCUT2D eigenvalue weighted by Crippen LogP contribution is 2.39. The van der Waals surface area contributed by atoms with Crippen LogP contribution in [0, 0.1) is 0 Å². The number of nitrogens with zero attached hydrogens (tertiary/aromatic N) is 5. The van der Waals surface area contributed by atoms with Gasteiger partial charge < -0.3 is 15.1 Å². The fourth-order valence-electron chi connectivity index (χ4n) is 4.80. The molecule has 7 heteroatoms. The lowest BCUT2D eigenvalue weighted by atomic mass is 9.98. The maximum atomic E-state index is 12.9. The number of carbonyl (C=O) groups is 1. The van der Waals surface area contributed by atoms with E-state index in [0.717, 1.165) is 50.3 Å². The summed E-state index contributed by atoms with van der Waals surface area (Å²) in [4.78, 5) is 22.6. The van der Waals surface area contributed by atoms with Crippen molar-refractivity contribution in [2.24, 2.45) is 0 Å². The summed E-state index contributed by atoms with van der Waals surface area (Å²) in [5.41, 5.74) is 0.970. The van der Waals surface area contributed by atoms with E-state index in [1.807, 2.05) is 35.0 Å². The second-order valence-electron chi connectivity index (χ2n) is 9.13. The number of aromatic nitrogens is 3. The molecule has 2 aliphatic heterocycles. The van der Waals surface area contributed by atoms with Gasteiger partial charge in [0.15, 0.2) is 0 Å². The van der Waals surface area contributed by atoms with Crippen molar-refractivity contribution >= 4 is 5.91 Å². The van der Waals surface area contributed by atoms with Gasteiger partial charge in [-0.1, -0.05) is 18.2 Å². The zero-order chi connectivity index (χ0) is 20.5. The SMILES string of the molecule is CN1CCC(N2CCC(NC(=O)c3nc(C4CC4)n(-c4ccccc4)n3)CC2)CC1. The lowest BCUT2D eigenvalue weighted by Crippen LogP contribution is -2.50. The number of amides is 1. The Labute approximate surface area is 178 Å². The van der Waals surface area contributed by atoms with Crippen LogP contribution in [-0.4, -0.2) is 75.8 Å². The van der Waals surface area contributed by atoms with Gasteiger partial charge in [0, 0.05) is 31.1 Å². The molecule has 1 saturated carbocycles. The second-order valence-corrected chi connectivity index (χ2v) is 9.13. The quantitative estimate of drug-likeness (QED) is 0.823. The van der Waals surface area contributed by atoms with Gasteiger partial charge in [-0.15, -0.1) is 5.10 Å². The molecule has 1 amide bonds. The molecule has 1 aromatic heterocycles. The first kappa shape index (κ1) is 19.7. The molecule has 1 aliphatic carbocycles. The predicted octanol–water partition coefficient (Wildman–Crippen LogP) is 2.43. The number of likely N-dealkylation sites (tertiary alicyclic amines) is 2. The molecular formula is C23H32N6O. The first-order valence-corrected chi connectivity index (χ1v) is 11.4. The highest BCUT2D eigenvalue weighted by atomic mass is 16.2. The van der Waals surface area contributed by atoms with Gasteiger partial charge in [-0.3, -0.25) is 4.79 Å². The van der Waals surface area contributed by atoms with E-state index in [0.29, 0.717) is 17.8 Å². The highest BCUT2D eigenvalue weighted by Gasteiger charge is 2.33.